The van der Waals surface area contributed by atoms with Gasteiger partial charge in [-0.2, -0.15) is 0 Å². The first kappa shape index (κ1) is 34.6. The molecule has 0 saturated heterocycles. The molecule has 0 aliphatic rings. The number of carboxylic acid groups (broad SMARTS) is 4. The third-order valence-corrected chi connectivity index (χ3v) is 2.14. The average Bonchev–Trinajstić information content (AvgIpc) is 2.22. The molecular formula is C10H16FeN2NaO10. The fourth-order valence-corrected chi connectivity index (χ4v) is 1.44. The number of hydrogen-bond donors (Lipinski definition) is 0. The van der Waals surface area contributed by atoms with E-state index in [4.69, 9.17) is 0 Å². The summed E-state index contributed by atoms with van der Waals surface area (Å²) in [5, 5.41) is 41.6. The summed E-state index contributed by atoms with van der Waals surface area (Å²) < 4.78 is 0. The van der Waals surface area contributed by atoms with Gasteiger partial charge in [-0.1, -0.05) is 0 Å². The monoisotopic (exact) mass is 403 g/mol. The number of rotatable bonds is 11. The number of nitrogens with zero attached hydrogens (tertiary/aromatic N) is 2. The van der Waals surface area contributed by atoms with Gasteiger partial charge in [-0.3, -0.25) is 9.80 Å². The van der Waals surface area contributed by atoms with Gasteiger partial charge < -0.3 is 50.6 Å². The molecule has 24 heavy (non-hydrogen) atoms. The van der Waals surface area contributed by atoms with Crippen molar-refractivity contribution in [3.63, 3.8) is 0 Å². The van der Waals surface area contributed by atoms with E-state index in [1.54, 1.807) is 0 Å². The van der Waals surface area contributed by atoms with Gasteiger partial charge in [0.1, 0.15) is 0 Å². The van der Waals surface area contributed by atoms with Gasteiger partial charge in [0, 0.05) is 39.3 Å². The summed E-state index contributed by atoms with van der Waals surface area (Å²) in [5.74, 6) is -6.12. The largest absolute Gasteiger partial charge is 3.00 e. The van der Waals surface area contributed by atoms with Crippen LogP contribution in [0.2, 0.25) is 0 Å². The van der Waals surface area contributed by atoms with Crippen molar-refractivity contribution in [1.82, 2.24) is 9.80 Å². The number of carbonyl (C=O) groups is 4. The SMILES string of the molecule is O.O.O=C([O-])CN(CCN(CC(=O)[O-])CC(=O)[O-])CC(=O)[O-].[Fe+3].[Na+]. The maximum atomic E-state index is 10.4. The number of carboxylic acids is 4. The molecule has 0 saturated carbocycles. The molecule has 0 amide bonds. The first-order valence-corrected chi connectivity index (χ1v) is 5.44. The molecule has 14 heteroatoms. The predicted molar refractivity (Wildman–Crippen MR) is 60.1 cm³/mol. The molecule has 0 aromatic carbocycles. The Bertz CT molecular complexity index is 330. The predicted octanol–water partition coefficient (Wildman–Crippen LogP) is -12.1. The smallest absolute Gasteiger partial charge is 0.549 e. The van der Waals surface area contributed by atoms with Crippen molar-refractivity contribution < 1.29 is 97.2 Å². The molecule has 0 fully saturated rings. The van der Waals surface area contributed by atoms with Crippen LogP contribution in [0.4, 0.5) is 0 Å². The van der Waals surface area contributed by atoms with Gasteiger partial charge in [0.25, 0.3) is 0 Å². The van der Waals surface area contributed by atoms with Crippen LogP contribution in [0.3, 0.4) is 0 Å². The molecule has 0 aliphatic carbocycles. The Hall–Kier alpha value is -0.761. The van der Waals surface area contributed by atoms with Gasteiger partial charge in [-0.05, 0) is 0 Å². The molecule has 4 N–H and O–H groups in total. The van der Waals surface area contributed by atoms with Crippen molar-refractivity contribution in [1.29, 1.82) is 0 Å². The zero-order valence-corrected chi connectivity index (χ0v) is 15.9. The normalized spacial score (nSPS) is 8.92. The molecule has 0 bridgehead atoms. The van der Waals surface area contributed by atoms with Crippen molar-refractivity contribution in [3.8, 4) is 0 Å². The van der Waals surface area contributed by atoms with Crippen molar-refractivity contribution in [3.05, 3.63) is 0 Å². The van der Waals surface area contributed by atoms with Gasteiger partial charge in [0.15, 0.2) is 0 Å². The van der Waals surface area contributed by atoms with E-state index in [1.807, 2.05) is 0 Å². The van der Waals surface area contributed by atoms with E-state index in [0.29, 0.717) is 0 Å². The molecule has 1 radical (unpaired) electrons. The summed E-state index contributed by atoms with van der Waals surface area (Å²) in [7, 11) is 0. The van der Waals surface area contributed by atoms with E-state index in [0.717, 1.165) is 9.80 Å². The standard InChI is InChI=1S/C10H16N2O8.Fe.Na.2H2O/c13-7(14)3-11(4-8(15)16)1-2-12(5-9(17)18)6-10(19)20;;;;/h1-6H2,(H,13,14)(H,15,16)(H,17,18)(H,19,20);;;2*1H2/q;+3;+1;;/p-4. The number of carbonyl (C=O) groups excluding carboxylic acids is 4. The second-order valence-corrected chi connectivity index (χ2v) is 3.91. The quantitative estimate of drug-likeness (QED) is 0.296. The molecule has 0 aromatic rings. The Morgan fingerprint density at radius 2 is 0.750 bits per heavy atom. The van der Waals surface area contributed by atoms with Gasteiger partial charge in [0.2, 0.25) is 0 Å². The van der Waals surface area contributed by atoms with Crippen LogP contribution in [-0.4, -0.2) is 83.9 Å². The van der Waals surface area contributed by atoms with Crippen LogP contribution in [0.5, 0.6) is 0 Å². The summed E-state index contributed by atoms with van der Waals surface area (Å²) in [6.45, 7) is -3.25. The van der Waals surface area contributed by atoms with Crippen molar-refractivity contribution in [2.24, 2.45) is 0 Å². The molecule has 0 aromatic heterocycles. The van der Waals surface area contributed by atoms with Crippen LogP contribution in [0.25, 0.3) is 0 Å². The average molecular weight is 403 g/mol. The minimum atomic E-state index is -1.53. The van der Waals surface area contributed by atoms with E-state index in [1.165, 1.54) is 0 Å². The van der Waals surface area contributed by atoms with Crippen molar-refractivity contribution in [2.75, 3.05) is 39.3 Å². The fraction of sp³-hybridized carbons (Fsp3) is 0.600. The first-order chi connectivity index (χ1) is 9.20. The zero-order valence-electron chi connectivity index (χ0n) is 12.8. The zero-order chi connectivity index (χ0) is 15.7. The fourth-order valence-electron chi connectivity index (χ4n) is 1.44. The Balaban J connectivity index is -0.000000301. The van der Waals surface area contributed by atoms with E-state index < -0.39 is 50.1 Å². The first-order valence-electron chi connectivity index (χ1n) is 5.44. The van der Waals surface area contributed by atoms with Gasteiger partial charge in [-0.15, -0.1) is 0 Å². The topological polar surface area (TPSA) is 230 Å². The molecule has 0 aliphatic heterocycles. The van der Waals surface area contributed by atoms with Crippen LogP contribution < -0.4 is 50.0 Å². The molecule has 0 rings (SSSR count). The van der Waals surface area contributed by atoms with Crippen molar-refractivity contribution >= 4 is 23.9 Å². The third-order valence-electron chi connectivity index (χ3n) is 2.14. The Kier molecular flexibility index (Phi) is 26.7. The maximum absolute atomic E-state index is 10.4. The van der Waals surface area contributed by atoms with E-state index in [9.17, 15) is 39.6 Å². The minimum absolute atomic E-state index is 0. The molecular weight excluding hydrogens is 387 g/mol. The Morgan fingerprint density at radius 3 is 0.875 bits per heavy atom. The van der Waals surface area contributed by atoms with Gasteiger partial charge >= 0.3 is 46.6 Å². The van der Waals surface area contributed by atoms with E-state index in [-0.39, 0.29) is 70.7 Å². The second-order valence-electron chi connectivity index (χ2n) is 3.91. The summed E-state index contributed by atoms with van der Waals surface area (Å²) in [6, 6.07) is 0. The third kappa shape index (κ3) is 21.2. The summed E-state index contributed by atoms with van der Waals surface area (Å²) in [6.07, 6.45) is 0. The molecule has 12 nitrogen and oxygen atoms in total. The summed E-state index contributed by atoms with van der Waals surface area (Å²) >= 11 is 0. The molecule has 0 spiro atoms. The minimum Gasteiger partial charge on any atom is -0.549 e. The van der Waals surface area contributed by atoms with Crippen LogP contribution in [0.15, 0.2) is 0 Å². The maximum Gasteiger partial charge on any atom is 3.00 e. The van der Waals surface area contributed by atoms with Gasteiger partial charge in [-0.25, -0.2) is 0 Å². The number of aliphatic carboxylic acids is 4. The Morgan fingerprint density at radius 1 is 0.583 bits per heavy atom. The second kappa shape index (κ2) is 18.6. The summed E-state index contributed by atoms with van der Waals surface area (Å²) in [4.78, 5) is 43.4. The molecule has 0 atom stereocenters. The molecule has 135 valence electrons. The number of hydrogen-bond acceptors (Lipinski definition) is 10. The van der Waals surface area contributed by atoms with E-state index in [2.05, 4.69) is 0 Å². The van der Waals surface area contributed by atoms with Crippen LogP contribution >= 0.6 is 0 Å². The Labute approximate surface area is 169 Å². The molecule has 0 heterocycles. The van der Waals surface area contributed by atoms with Crippen molar-refractivity contribution in [2.45, 2.75) is 0 Å². The van der Waals surface area contributed by atoms with Crippen LogP contribution in [0.1, 0.15) is 0 Å². The summed E-state index contributed by atoms with van der Waals surface area (Å²) in [5.41, 5.74) is 0. The van der Waals surface area contributed by atoms with E-state index >= 15 is 0 Å². The van der Waals surface area contributed by atoms with Crippen LogP contribution in [0, 0.1) is 0 Å². The van der Waals surface area contributed by atoms with Gasteiger partial charge in [0.05, 0.1) is 23.9 Å². The van der Waals surface area contributed by atoms with Crippen LogP contribution in [-0.2, 0) is 36.2 Å². The molecule has 0 unspecified atom stereocenters.